The lowest BCUT2D eigenvalue weighted by Crippen LogP contribution is -2.49. The Morgan fingerprint density at radius 1 is 1.12 bits per heavy atom. The molecule has 2 aliphatic rings. The predicted molar refractivity (Wildman–Crippen MR) is 160 cm³/mol. The summed E-state index contributed by atoms with van der Waals surface area (Å²) in [7, 11) is 0. The third-order valence-electron chi connectivity index (χ3n) is 7.25. The Morgan fingerprint density at radius 3 is 2.68 bits per heavy atom. The SMILES string of the molecule is C=C(C)C(=O)N1CCC[C@@H](NC(=O)c2sc3nccc4c3c2NC(=O)N4c2ccc(Oc3ccccc3)cc2C)C1. The fraction of sp³-hybridized carbons (Fsp3) is 0.226. The number of para-hydroxylation sites is 1. The molecule has 10 heteroatoms. The molecule has 9 nitrogen and oxygen atoms in total. The molecule has 1 saturated heterocycles. The average Bonchev–Trinajstić information content (AvgIpc) is 3.33. The van der Waals surface area contributed by atoms with Crippen molar-refractivity contribution in [1.82, 2.24) is 15.2 Å². The molecule has 0 unspecified atom stereocenters. The molecule has 208 valence electrons. The number of nitrogens with one attached hydrogen (secondary N) is 2. The van der Waals surface area contributed by atoms with E-state index < -0.39 is 0 Å². The van der Waals surface area contributed by atoms with Crippen LogP contribution in [0.5, 0.6) is 11.5 Å². The number of ether oxygens (including phenoxy) is 1. The van der Waals surface area contributed by atoms with Gasteiger partial charge in [0.1, 0.15) is 21.2 Å². The number of amides is 4. The molecule has 4 amide bonds. The quantitative estimate of drug-likeness (QED) is 0.263. The van der Waals surface area contributed by atoms with E-state index in [1.54, 1.807) is 29.0 Å². The molecule has 0 radical (unpaired) electrons. The molecule has 2 aromatic carbocycles. The van der Waals surface area contributed by atoms with Crippen LogP contribution in [-0.2, 0) is 4.79 Å². The van der Waals surface area contributed by atoms with Gasteiger partial charge in [-0.15, -0.1) is 11.3 Å². The first-order valence-electron chi connectivity index (χ1n) is 13.4. The van der Waals surface area contributed by atoms with Crippen LogP contribution in [0.3, 0.4) is 0 Å². The van der Waals surface area contributed by atoms with E-state index in [0.717, 1.165) is 24.2 Å². The van der Waals surface area contributed by atoms with Crippen molar-refractivity contribution in [3.05, 3.63) is 83.4 Å². The van der Waals surface area contributed by atoms with Crippen LogP contribution < -0.4 is 20.3 Å². The highest BCUT2D eigenvalue weighted by atomic mass is 32.1. The topological polar surface area (TPSA) is 104 Å². The lowest BCUT2D eigenvalue weighted by Gasteiger charge is -2.33. The van der Waals surface area contributed by atoms with Crippen LogP contribution in [0.4, 0.5) is 21.9 Å². The monoisotopic (exact) mass is 567 g/mol. The largest absolute Gasteiger partial charge is 0.457 e. The number of likely N-dealkylation sites (tertiary alicyclic amines) is 1. The minimum atomic E-state index is -0.367. The Morgan fingerprint density at radius 2 is 1.93 bits per heavy atom. The molecule has 41 heavy (non-hydrogen) atoms. The molecular weight excluding hydrogens is 538 g/mol. The first-order valence-corrected chi connectivity index (χ1v) is 14.2. The van der Waals surface area contributed by atoms with Crippen molar-refractivity contribution in [2.24, 2.45) is 0 Å². The van der Waals surface area contributed by atoms with Crippen molar-refractivity contribution in [3.63, 3.8) is 0 Å². The fourth-order valence-electron chi connectivity index (χ4n) is 5.35. The molecule has 4 aromatic rings. The molecule has 1 fully saturated rings. The van der Waals surface area contributed by atoms with Crippen molar-refractivity contribution in [2.45, 2.75) is 32.7 Å². The minimum absolute atomic E-state index is 0.0999. The second-order valence-corrected chi connectivity index (χ2v) is 11.3. The fourth-order valence-corrected chi connectivity index (χ4v) is 6.37. The Balaban J connectivity index is 1.28. The van der Waals surface area contributed by atoms with Crippen LogP contribution in [0.15, 0.2) is 72.9 Å². The number of aryl methyl sites for hydroxylation is 1. The summed E-state index contributed by atoms with van der Waals surface area (Å²) < 4.78 is 5.97. The number of benzene rings is 2. The smallest absolute Gasteiger partial charge is 0.331 e. The molecule has 0 bridgehead atoms. The second kappa shape index (κ2) is 10.7. The van der Waals surface area contributed by atoms with E-state index in [2.05, 4.69) is 22.2 Å². The molecule has 6 rings (SSSR count). The maximum atomic E-state index is 13.6. The van der Waals surface area contributed by atoms with Crippen molar-refractivity contribution in [3.8, 4) is 11.5 Å². The van der Waals surface area contributed by atoms with E-state index in [1.807, 2.05) is 55.5 Å². The van der Waals surface area contributed by atoms with Crippen molar-refractivity contribution in [2.75, 3.05) is 23.3 Å². The highest BCUT2D eigenvalue weighted by molar-refractivity contribution is 7.21. The zero-order valence-electron chi connectivity index (χ0n) is 22.8. The molecule has 2 aliphatic heterocycles. The number of thiophene rings is 1. The second-order valence-electron chi connectivity index (χ2n) is 10.3. The Kier molecular flexibility index (Phi) is 6.92. The van der Waals surface area contributed by atoms with Gasteiger partial charge < -0.3 is 20.3 Å². The van der Waals surface area contributed by atoms with E-state index in [4.69, 9.17) is 4.74 Å². The van der Waals surface area contributed by atoms with Gasteiger partial charge in [-0.05, 0) is 68.7 Å². The normalized spacial score (nSPS) is 16.3. The van der Waals surface area contributed by atoms with E-state index in [-0.39, 0.29) is 23.9 Å². The number of aromatic nitrogens is 1. The summed E-state index contributed by atoms with van der Waals surface area (Å²) in [6.45, 7) is 8.43. The highest BCUT2D eigenvalue weighted by Gasteiger charge is 2.34. The molecular formula is C31H29N5O4S. The van der Waals surface area contributed by atoms with Gasteiger partial charge in [-0.1, -0.05) is 24.8 Å². The number of hydrogen-bond donors (Lipinski definition) is 2. The van der Waals surface area contributed by atoms with Gasteiger partial charge in [0.05, 0.1) is 22.4 Å². The third-order valence-corrected chi connectivity index (χ3v) is 8.35. The number of nitrogens with zero attached hydrogens (tertiary/aromatic N) is 3. The van der Waals surface area contributed by atoms with Crippen LogP contribution in [0, 0.1) is 6.92 Å². The van der Waals surface area contributed by atoms with Gasteiger partial charge in [-0.25, -0.2) is 9.78 Å². The maximum Gasteiger partial charge on any atom is 0.331 e. The zero-order chi connectivity index (χ0) is 28.7. The van der Waals surface area contributed by atoms with E-state index in [9.17, 15) is 14.4 Å². The first-order chi connectivity index (χ1) is 19.8. The number of anilines is 3. The van der Waals surface area contributed by atoms with Gasteiger partial charge in [0.2, 0.25) is 5.91 Å². The Labute approximate surface area is 241 Å². The average molecular weight is 568 g/mol. The van der Waals surface area contributed by atoms with Gasteiger partial charge in [0, 0.05) is 30.9 Å². The zero-order valence-corrected chi connectivity index (χ0v) is 23.6. The highest BCUT2D eigenvalue weighted by Crippen LogP contribution is 2.46. The van der Waals surface area contributed by atoms with Gasteiger partial charge in [0.15, 0.2) is 0 Å². The molecule has 1 atom stereocenters. The Hall–Kier alpha value is -4.70. The molecule has 0 spiro atoms. The van der Waals surface area contributed by atoms with E-state index in [1.165, 1.54) is 11.3 Å². The van der Waals surface area contributed by atoms with Crippen molar-refractivity contribution in [1.29, 1.82) is 0 Å². The number of urea groups is 1. The van der Waals surface area contributed by atoms with E-state index >= 15 is 0 Å². The van der Waals surface area contributed by atoms with Crippen LogP contribution >= 0.6 is 11.3 Å². The molecule has 2 N–H and O–H groups in total. The van der Waals surface area contributed by atoms with Crippen molar-refractivity contribution >= 4 is 56.5 Å². The summed E-state index contributed by atoms with van der Waals surface area (Å²) in [5.74, 6) is 0.993. The van der Waals surface area contributed by atoms with Gasteiger partial charge in [0.25, 0.3) is 5.91 Å². The number of hydrogen-bond acceptors (Lipinski definition) is 6. The van der Waals surface area contributed by atoms with Gasteiger partial charge in [-0.3, -0.25) is 14.5 Å². The summed E-state index contributed by atoms with van der Waals surface area (Å²) in [5, 5.41) is 6.74. The lowest BCUT2D eigenvalue weighted by atomic mass is 10.0. The van der Waals surface area contributed by atoms with Crippen molar-refractivity contribution < 1.29 is 19.1 Å². The summed E-state index contributed by atoms with van der Waals surface area (Å²) in [6.07, 6.45) is 3.20. The predicted octanol–water partition coefficient (Wildman–Crippen LogP) is 6.38. The van der Waals surface area contributed by atoms with Crippen LogP contribution in [-0.4, -0.2) is 46.9 Å². The summed E-state index contributed by atoms with van der Waals surface area (Å²) in [6, 6.07) is 16.3. The van der Waals surface area contributed by atoms with Crippen LogP contribution in [0.25, 0.3) is 10.2 Å². The third kappa shape index (κ3) is 5.02. The molecule has 4 heterocycles. The number of rotatable bonds is 6. The molecule has 2 aromatic heterocycles. The summed E-state index contributed by atoms with van der Waals surface area (Å²) >= 11 is 1.24. The number of piperidine rings is 1. The minimum Gasteiger partial charge on any atom is -0.457 e. The maximum absolute atomic E-state index is 13.6. The van der Waals surface area contributed by atoms with Crippen LogP contribution in [0.1, 0.15) is 35.0 Å². The lowest BCUT2D eigenvalue weighted by molar-refractivity contribution is -0.128. The Bertz CT molecular complexity index is 1700. The number of pyridine rings is 1. The number of carbonyl (C=O) groups is 3. The summed E-state index contributed by atoms with van der Waals surface area (Å²) in [5.41, 5.74) is 3.13. The first kappa shape index (κ1) is 26.5. The molecule has 0 aliphatic carbocycles. The standard InChI is InChI=1S/C31H29N5O4S/c1-18(2)30(38)35-15-7-8-20(17-35)33-28(37)27-26-25-24(13-14-32-29(25)41-27)36(31(39)34-26)23-12-11-22(16-19(23)3)40-21-9-5-4-6-10-21/h4-6,9-14,16,20H,1,7-8,15,17H2,2-3H3,(H,33,37)(H,34,39)/t20-/m1/s1. The van der Waals surface area contributed by atoms with Crippen LogP contribution in [0.2, 0.25) is 0 Å². The van der Waals surface area contributed by atoms with E-state index in [0.29, 0.717) is 56.6 Å². The molecule has 0 saturated carbocycles. The van der Waals surface area contributed by atoms with Gasteiger partial charge >= 0.3 is 6.03 Å². The number of carbonyl (C=O) groups excluding carboxylic acids is 3. The summed E-state index contributed by atoms with van der Waals surface area (Å²) in [4.78, 5) is 48.3. The van der Waals surface area contributed by atoms with Gasteiger partial charge in [-0.2, -0.15) is 0 Å².